The van der Waals surface area contributed by atoms with Crippen LogP contribution < -0.4 is 4.90 Å². The van der Waals surface area contributed by atoms with Crippen LogP contribution in [-0.2, 0) is 10.1 Å². The van der Waals surface area contributed by atoms with Crippen LogP contribution in [0.5, 0.6) is 0 Å². The van der Waals surface area contributed by atoms with Crippen molar-refractivity contribution in [1.82, 2.24) is 9.38 Å². The van der Waals surface area contributed by atoms with Gasteiger partial charge in [-0.2, -0.15) is 0 Å². The molecule has 1 saturated heterocycles. The Balaban J connectivity index is 2.01. The molecule has 1 aliphatic heterocycles. The number of hydrogen-bond donors (Lipinski definition) is 0. The molecule has 3 heterocycles. The second-order valence-electron chi connectivity index (χ2n) is 4.54. The summed E-state index contributed by atoms with van der Waals surface area (Å²) >= 11 is 3.57. The van der Waals surface area contributed by atoms with Crippen LogP contribution in [0.4, 0.5) is 5.82 Å². The number of nitrogens with zero attached hydrogens (tertiary/aromatic N) is 3. The molecule has 0 bridgehead atoms. The molecule has 2 aromatic heterocycles. The van der Waals surface area contributed by atoms with Crippen molar-refractivity contribution in [2.45, 2.75) is 17.9 Å². The number of anilines is 1. The second-order valence-corrected chi connectivity index (χ2v) is 5.10. The van der Waals surface area contributed by atoms with Gasteiger partial charge in [0.2, 0.25) is 0 Å². The highest BCUT2D eigenvalue weighted by atomic mass is 79.9. The maximum atomic E-state index is 5.42. The molecule has 18 heavy (non-hydrogen) atoms. The summed E-state index contributed by atoms with van der Waals surface area (Å²) in [5, 5.41) is 0.807. The van der Waals surface area contributed by atoms with Crippen molar-refractivity contribution in [3.05, 3.63) is 30.1 Å². The molecule has 0 aliphatic carbocycles. The fourth-order valence-electron chi connectivity index (χ4n) is 2.52. The molecule has 0 spiro atoms. The number of rotatable bonds is 3. The lowest BCUT2D eigenvalue weighted by molar-refractivity contribution is 0.121. The van der Waals surface area contributed by atoms with Gasteiger partial charge in [-0.25, -0.2) is 4.98 Å². The lowest BCUT2D eigenvalue weighted by Gasteiger charge is -2.16. The molecule has 5 heteroatoms. The smallest absolute Gasteiger partial charge is 0.152 e. The molecule has 0 saturated carbocycles. The van der Waals surface area contributed by atoms with Crippen LogP contribution in [-0.4, -0.2) is 35.7 Å². The van der Waals surface area contributed by atoms with Gasteiger partial charge in [-0.3, -0.25) is 0 Å². The number of hydrogen-bond acceptors (Lipinski definition) is 3. The van der Waals surface area contributed by atoms with Crippen LogP contribution in [0.2, 0.25) is 0 Å². The molecule has 2 aromatic rings. The summed E-state index contributed by atoms with van der Waals surface area (Å²) in [5.74, 6) is 1.08. The van der Waals surface area contributed by atoms with E-state index in [4.69, 9.17) is 9.72 Å². The molecule has 0 N–H and O–H groups in total. The molecule has 0 radical (unpaired) electrons. The number of aromatic nitrogens is 2. The highest BCUT2D eigenvalue weighted by Gasteiger charge is 2.26. The molecular weight excluding hydrogens is 294 g/mol. The van der Waals surface area contributed by atoms with Crippen molar-refractivity contribution in [3.8, 4) is 0 Å². The third kappa shape index (κ3) is 1.91. The summed E-state index contributed by atoms with van der Waals surface area (Å²) in [6.45, 7) is 1.95. The summed E-state index contributed by atoms with van der Waals surface area (Å²) in [7, 11) is 1.78. The van der Waals surface area contributed by atoms with Gasteiger partial charge in [0.25, 0.3) is 0 Å². The summed E-state index contributed by atoms with van der Waals surface area (Å²) < 4.78 is 7.57. The van der Waals surface area contributed by atoms with Crippen LogP contribution in [0.3, 0.4) is 0 Å². The molecule has 4 nitrogen and oxygen atoms in total. The first kappa shape index (κ1) is 12.0. The molecule has 96 valence electrons. The Hall–Kier alpha value is -1.07. The molecule has 1 atom stereocenters. The summed E-state index contributed by atoms with van der Waals surface area (Å²) in [6.07, 6.45) is 3.47. The van der Waals surface area contributed by atoms with Crippen molar-refractivity contribution in [2.75, 3.05) is 25.1 Å². The fourth-order valence-corrected chi connectivity index (χ4v) is 3.05. The van der Waals surface area contributed by atoms with Gasteiger partial charge in [0, 0.05) is 31.7 Å². The number of ether oxygens (including phenoxy) is 1. The van der Waals surface area contributed by atoms with Crippen molar-refractivity contribution in [1.29, 1.82) is 0 Å². The first-order valence-electron chi connectivity index (χ1n) is 6.13. The van der Waals surface area contributed by atoms with Crippen LogP contribution in [0.25, 0.3) is 5.65 Å². The van der Waals surface area contributed by atoms with Crippen molar-refractivity contribution in [2.24, 2.45) is 0 Å². The monoisotopic (exact) mass is 309 g/mol. The quantitative estimate of drug-likeness (QED) is 0.816. The Morgan fingerprint density at radius 1 is 1.50 bits per heavy atom. The largest absolute Gasteiger partial charge is 0.380 e. The predicted octanol–water partition coefficient (Wildman–Crippen LogP) is 2.45. The third-order valence-electron chi connectivity index (χ3n) is 3.51. The summed E-state index contributed by atoms with van der Waals surface area (Å²) in [5.41, 5.74) is 2.21. The zero-order valence-corrected chi connectivity index (χ0v) is 11.9. The maximum absolute atomic E-state index is 5.42. The average molecular weight is 310 g/mol. The minimum absolute atomic E-state index is 0.331. The highest BCUT2D eigenvalue weighted by Crippen LogP contribution is 2.27. The van der Waals surface area contributed by atoms with Crippen LogP contribution >= 0.6 is 15.9 Å². The Morgan fingerprint density at radius 3 is 3.11 bits per heavy atom. The van der Waals surface area contributed by atoms with E-state index in [0.717, 1.165) is 36.3 Å². The number of methoxy groups -OCH3 is 1. The van der Waals surface area contributed by atoms with Gasteiger partial charge in [-0.05, 0) is 18.6 Å². The fraction of sp³-hybridized carbons (Fsp3) is 0.462. The highest BCUT2D eigenvalue weighted by molar-refractivity contribution is 9.08. The second kappa shape index (κ2) is 4.90. The summed E-state index contributed by atoms with van der Waals surface area (Å²) in [4.78, 5) is 7.05. The molecular formula is C13H16BrN3O. The van der Waals surface area contributed by atoms with Gasteiger partial charge in [-0.1, -0.05) is 22.0 Å². The first-order chi connectivity index (χ1) is 8.83. The third-order valence-corrected chi connectivity index (χ3v) is 4.04. The molecule has 1 fully saturated rings. The van der Waals surface area contributed by atoms with Gasteiger partial charge in [0.1, 0.15) is 5.65 Å². The lowest BCUT2D eigenvalue weighted by Crippen LogP contribution is -2.23. The van der Waals surface area contributed by atoms with E-state index in [1.165, 1.54) is 5.69 Å². The van der Waals surface area contributed by atoms with E-state index in [0.29, 0.717) is 6.10 Å². The Labute approximate surface area is 115 Å². The molecule has 0 aromatic carbocycles. The number of imidazole rings is 1. The van der Waals surface area contributed by atoms with Crippen LogP contribution in [0, 0.1) is 0 Å². The molecule has 3 rings (SSSR count). The van der Waals surface area contributed by atoms with Gasteiger partial charge in [0.15, 0.2) is 5.82 Å². The molecule has 1 unspecified atom stereocenters. The van der Waals surface area contributed by atoms with E-state index in [2.05, 4.69) is 31.4 Å². The van der Waals surface area contributed by atoms with Crippen molar-refractivity contribution < 1.29 is 4.74 Å². The van der Waals surface area contributed by atoms with E-state index in [9.17, 15) is 0 Å². The number of pyridine rings is 1. The lowest BCUT2D eigenvalue weighted by atomic mass is 10.3. The van der Waals surface area contributed by atoms with E-state index >= 15 is 0 Å². The number of halogens is 1. The first-order valence-corrected chi connectivity index (χ1v) is 7.25. The van der Waals surface area contributed by atoms with E-state index in [-0.39, 0.29) is 0 Å². The standard InChI is InChI=1S/C13H16BrN3O/c1-18-10-5-7-16(9-10)13-11(8-14)17-6-3-2-4-12(17)15-13/h2-4,6,10H,5,7-9H2,1H3. The van der Waals surface area contributed by atoms with Crippen LogP contribution in [0.1, 0.15) is 12.1 Å². The van der Waals surface area contributed by atoms with Gasteiger partial charge in [0.05, 0.1) is 11.8 Å². The zero-order chi connectivity index (χ0) is 12.5. The molecule has 1 aliphatic rings. The Morgan fingerprint density at radius 2 is 2.39 bits per heavy atom. The normalized spacial score (nSPS) is 19.9. The SMILES string of the molecule is COC1CCN(c2nc3ccccn3c2CBr)C1. The molecule has 0 amide bonds. The number of alkyl halides is 1. The minimum Gasteiger partial charge on any atom is -0.380 e. The van der Waals surface area contributed by atoms with E-state index in [1.54, 1.807) is 7.11 Å². The topological polar surface area (TPSA) is 29.8 Å². The Kier molecular flexibility index (Phi) is 3.26. The Bertz CT molecular complexity index is 554. The summed E-state index contributed by atoms with van der Waals surface area (Å²) in [6, 6.07) is 6.10. The van der Waals surface area contributed by atoms with Gasteiger partial charge in [-0.15, -0.1) is 0 Å². The number of fused-ring (bicyclic) bond motifs is 1. The van der Waals surface area contributed by atoms with Gasteiger partial charge >= 0.3 is 0 Å². The van der Waals surface area contributed by atoms with Crippen molar-refractivity contribution in [3.63, 3.8) is 0 Å². The maximum Gasteiger partial charge on any atom is 0.152 e. The average Bonchev–Trinajstić information content (AvgIpc) is 3.02. The minimum atomic E-state index is 0.331. The van der Waals surface area contributed by atoms with Crippen molar-refractivity contribution >= 4 is 27.4 Å². The predicted molar refractivity (Wildman–Crippen MR) is 75.5 cm³/mol. The van der Waals surface area contributed by atoms with E-state index < -0.39 is 0 Å². The van der Waals surface area contributed by atoms with Crippen LogP contribution in [0.15, 0.2) is 24.4 Å². The van der Waals surface area contributed by atoms with E-state index in [1.807, 2.05) is 18.2 Å². The van der Waals surface area contributed by atoms with Gasteiger partial charge < -0.3 is 14.0 Å². The zero-order valence-electron chi connectivity index (χ0n) is 10.3.